The third-order valence-corrected chi connectivity index (χ3v) is 3.66. The van der Waals surface area contributed by atoms with Crippen molar-refractivity contribution in [2.24, 2.45) is 5.92 Å². The van der Waals surface area contributed by atoms with Crippen LogP contribution in [0, 0.1) is 5.92 Å². The maximum absolute atomic E-state index is 12.2. The highest BCUT2D eigenvalue weighted by Gasteiger charge is 2.36. The molecule has 0 aliphatic heterocycles. The molecule has 2 rings (SSSR count). The molecule has 1 aromatic heterocycles. The van der Waals surface area contributed by atoms with E-state index in [1.807, 2.05) is 0 Å². The van der Waals surface area contributed by atoms with Gasteiger partial charge < -0.3 is 5.32 Å². The van der Waals surface area contributed by atoms with E-state index in [1.165, 1.54) is 25.7 Å². The zero-order valence-electron chi connectivity index (χ0n) is 9.26. The molecule has 0 aromatic carbocycles. The van der Waals surface area contributed by atoms with Gasteiger partial charge in [0.05, 0.1) is 0 Å². The number of nitrogens with one attached hydrogen (secondary N) is 1. The van der Waals surface area contributed by atoms with Crippen LogP contribution in [0.2, 0.25) is 0 Å². The van der Waals surface area contributed by atoms with Gasteiger partial charge in [-0.1, -0.05) is 25.7 Å². The number of hydrogen-bond donors (Lipinski definition) is 1. The predicted molar refractivity (Wildman–Crippen MR) is 60.0 cm³/mol. The van der Waals surface area contributed by atoms with Gasteiger partial charge in [-0.15, -0.1) is 0 Å². The van der Waals surface area contributed by atoms with Gasteiger partial charge in [0, 0.05) is 18.1 Å². The van der Waals surface area contributed by atoms with E-state index < -0.39 is 12.0 Å². The van der Waals surface area contributed by atoms with Crippen LogP contribution in [0.15, 0.2) is 0 Å². The second-order valence-corrected chi connectivity index (χ2v) is 5.04. The first-order valence-corrected chi connectivity index (χ1v) is 6.48. The quantitative estimate of drug-likeness (QED) is 0.904. The lowest BCUT2D eigenvalue weighted by Crippen LogP contribution is -2.09. The van der Waals surface area contributed by atoms with Crippen molar-refractivity contribution in [2.75, 3.05) is 11.9 Å². The van der Waals surface area contributed by atoms with Crippen LogP contribution in [0.3, 0.4) is 0 Å². The third-order valence-electron chi connectivity index (χ3n) is 2.98. The van der Waals surface area contributed by atoms with Gasteiger partial charge in [0.15, 0.2) is 0 Å². The molecule has 0 saturated heterocycles. The van der Waals surface area contributed by atoms with Crippen LogP contribution < -0.4 is 5.32 Å². The van der Waals surface area contributed by atoms with Crippen molar-refractivity contribution in [3.8, 4) is 0 Å². The van der Waals surface area contributed by atoms with E-state index in [-0.39, 0.29) is 5.13 Å². The number of hydrogen-bond acceptors (Lipinski definition) is 4. The van der Waals surface area contributed by atoms with E-state index >= 15 is 0 Å². The Labute approximate surface area is 102 Å². The molecule has 1 N–H and O–H groups in total. The first-order chi connectivity index (χ1) is 8.05. The van der Waals surface area contributed by atoms with Crippen molar-refractivity contribution in [2.45, 2.75) is 38.3 Å². The van der Waals surface area contributed by atoms with E-state index in [2.05, 4.69) is 14.7 Å². The summed E-state index contributed by atoms with van der Waals surface area (Å²) in [5, 5.41) is 3.17. The van der Waals surface area contributed by atoms with Crippen LogP contribution >= 0.6 is 11.5 Å². The number of anilines is 1. The minimum atomic E-state index is -4.44. The van der Waals surface area contributed by atoms with Crippen LogP contribution in [-0.4, -0.2) is 15.9 Å². The number of alkyl halides is 3. The molecule has 1 aromatic rings. The third kappa shape index (κ3) is 3.55. The monoisotopic (exact) mass is 265 g/mol. The van der Waals surface area contributed by atoms with Crippen LogP contribution in [-0.2, 0) is 6.18 Å². The highest BCUT2D eigenvalue weighted by molar-refractivity contribution is 7.09. The smallest absolute Gasteiger partial charge is 0.360 e. The van der Waals surface area contributed by atoms with Gasteiger partial charge in [-0.25, -0.2) is 0 Å². The second-order valence-electron chi connectivity index (χ2n) is 4.29. The van der Waals surface area contributed by atoms with Crippen LogP contribution in [0.1, 0.15) is 37.9 Å². The fourth-order valence-electron chi connectivity index (χ4n) is 2.09. The first-order valence-electron chi connectivity index (χ1n) is 5.70. The van der Waals surface area contributed by atoms with Crippen molar-refractivity contribution in [1.29, 1.82) is 0 Å². The summed E-state index contributed by atoms with van der Waals surface area (Å²) in [6.45, 7) is 0.678. The highest BCUT2D eigenvalue weighted by Crippen LogP contribution is 2.30. The average molecular weight is 265 g/mol. The summed E-state index contributed by atoms with van der Waals surface area (Å²) in [5.74, 6) is -0.330. The van der Waals surface area contributed by atoms with Crippen molar-refractivity contribution in [3.05, 3.63) is 5.82 Å². The molecule has 1 fully saturated rings. The molecule has 96 valence electrons. The fraction of sp³-hybridized carbons (Fsp3) is 0.800. The Morgan fingerprint density at radius 2 is 2.00 bits per heavy atom. The number of halogens is 3. The standard InChI is InChI=1S/C10H14F3N3S/c11-10(12,13)8-15-9(17-16-8)14-6-5-7-3-1-2-4-7/h7H,1-6H2,(H,14,15,16). The van der Waals surface area contributed by atoms with E-state index in [0.29, 0.717) is 6.54 Å². The molecule has 7 heteroatoms. The summed E-state index contributed by atoms with van der Waals surface area (Å²) in [6, 6.07) is 0. The molecule has 0 unspecified atom stereocenters. The molecule has 0 radical (unpaired) electrons. The van der Waals surface area contributed by atoms with Crippen molar-refractivity contribution in [1.82, 2.24) is 9.36 Å². The molecule has 17 heavy (non-hydrogen) atoms. The van der Waals surface area contributed by atoms with Crippen LogP contribution in [0.5, 0.6) is 0 Å². The van der Waals surface area contributed by atoms with Gasteiger partial charge in [-0.2, -0.15) is 22.5 Å². The Morgan fingerprint density at radius 1 is 1.29 bits per heavy atom. The van der Waals surface area contributed by atoms with E-state index in [4.69, 9.17) is 0 Å². The normalized spacial score (nSPS) is 17.6. The van der Waals surface area contributed by atoms with Gasteiger partial charge in [0.25, 0.3) is 0 Å². The fourth-order valence-corrected chi connectivity index (χ4v) is 2.70. The minimum absolute atomic E-state index is 0.260. The zero-order valence-corrected chi connectivity index (χ0v) is 10.1. The topological polar surface area (TPSA) is 37.8 Å². The number of aromatic nitrogens is 2. The summed E-state index contributed by atoms with van der Waals surface area (Å²) < 4.78 is 39.9. The Hall–Kier alpha value is -0.850. The zero-order chi connectivity index (χ0) is 12.3. The van der Waals surface area contributed by atoms with E-state index in [1.54, 1.807) is 0 Å². The lowest BCUT2D eigenvalue weighted by molar-refractivity contribution is -0.144. The lowest BCUT2D eigenvalue weighted by atomic mass is 10.0. The molecule has 0 bridgehead atoms. The number of rotatable bonds is 4. The Bertz CT molecular complexity index is 358. The molecular weight excluding hydrogens is 251 g/mol. The van der Waals surface area contributed by atoms with Gasteiger partial charge in [-0.05, 0) is 12.3 Å². The highest BCUT2D eigenvalue weighted by atomic mass is 32.1. The Kier molecular flexibility index (Phi) is 3.86. The van der Waals surface area contributed by atoms with Gasteiger partial charge >= 0.3 is 6.18 Å². The molecule has 0 spiro atoms. The second kappa shape index (κ2) is 5.20. The first kappa shape index (κ1) is 12.6. The van der Waals surface area contributed by atoms with E-state index in [0.717, 1.165) is 23.9 Å². The minimum Gasteiger partial charge on any atom is -0.360 e. The Balaban J connectivity index is 1.77. The maximum Gasteiger partial charge on any atom is 0.452 e. The molecular formula is C10H14F3N3S. The summed E-state index contributed by atoms with van der Waals surface area (Å²) in [5.41, 5.74) is 0. The van der Waals surface area contributed by atoms with Gasteiger partial charge in [0.2, 0.25) is 11.0 Å². The van der Waals surface area contributed by atoms with E-state index in [9.17, 15) is 13.2 Å². The van der Waals surface area contributed by atoms with Crippen molar-refractivity contribution >= 4 is 16.7 Å². The van der Waals surface area contributed by atoms with Gasteiger partial charge in [-0.3, -0.25) is 0 Å². The predicted octanol–water partition coefficient (Wildman–Crippen LogP) is 3.55. The average Bonchev–Trinajstić information content (AvgIpc) is 2.86. The lowest BCUT2D eigenvalue weighted by Gasteiger charge is -2.08. The van der Waals surface area contributed by atoms with Crippen molar-refractivity contribution < 1.29 is 13.2 Å². The SMILES string of the molecule is FC(F)(F)c1nsc(NCCC2CCCC2)n1. The molecule has 1 aliphatic rings. The molecule has 1 saturated carbocycles. The van der Waals surface area contributed by atoms with Gasteiger partial charge in [0.1, 0.15) is 0 Å². The summed E-state index contributed by atoms with van der Waals surface area (Å²) in [7, 11) is 0. The van der Waals surface area contributed by atoms with Crippen molar-refractivity contribution in [3.63, 3.8) is 0 Å². The molecule has 0 atom stereocenters. The van der Waals surface area contributed by atoms with Crippen LogP contribution in [0.25, 0.3) is 0 Å². The molecule has 1 heterocycles. The molecule has 1 aliphatic carbocycles. The largest absolute Gasteiger partial charge is 0.452 e. The Morgan fingerprint density at radius 3 is 2.59 bits per heavy atom. The number of nitrogens with zero attached hydrogens (tertiary/aromatic N) is 2. The molecule has 0 amide bonds. The summed E-state index contributed by atoms with van der Waals surface area (Å²) in [4.78, 5) is 3.42. The molecule has 3 nitrogen and oxygen atoms in total. The summed E-state index contributed by atoms with van der Waals surface area (Å²) in [6.07, 6.45) is 1.60. The summed E-state index contributed by atoms with van der Waals surface area (Å²) >= 11 is 0.767. The van der Waals surface area contributed by atoms with Crippen LogP contribution in [0.4, 0.5) is 18.3 Å². The maximum atomic E-state index is 12.2.